The summed E-state index contributed by atoms with van der Waals surface area (Å²) in [6, 6.07) is 7.41. The normalized spacial score (nSPS) is 8.86. The minimum atomic E-state index is -0.826. The predicted molar refractivity (Wildman–Crippen MR) is 51.3 cm³/mol. The molecule has 0 aromatic heterocycles. The van der Waals surface area contributed by atoms with Crippen LogP contribution < -0.4 is 21.9 Å². The van der Waals surface area contributed by atoms with Crippen molar-refractivity contribution in [3.05, 3.63) is 30.3 Å². The first-order chi connectivity index (χ1) is 6.68. The molecule has 0 fully saturated rings. The lowest BCUT2D eigenvalue weighted by Gasteiger charge is -2.06. The molecular weight excluding hydrogens is 184 g/mol. The Labute approximate surface area is 80.4 Å². The number of hydrogen-bond acceptors (Lipinski definition) is 2. The molecule has 0 aliphatic rings. The molecule has 0 spiro atoms. The Kier molecular flexibility index (Phi) is 3.31. The maximum atomic E-state index is 11.0. The summed E-state index contributed by atoms with van der Waals surface area (Å²) in [4.78, 5) is 21.2. The molecule has 0 saturated carbocycles. The van der Waals surface area contributed by atoms with E-state index in [0.717, 1.165) is 0 Å². The highest BCUT2D eigenvalue weighted by atomic mass is 16.2. The first-order valence-corrected chi connectivity index (χ1v) is 3.86. The molecular formula is C8H10N4O2. The predicted octanol–water partition coefficient (Wildman–Crippen LogP) is 0.391. The molecule has 74 valence electrons. The number of primary amides is 1. The minimum absolute atomic E-state index is 0.560. The number of carbonyl (C=O) groups is 2. The summed E-state index contributed by atoms with van der Waals surface area (Å²) in [5.74, 6) is 0. The molecule has 6 nitrogen and oxygen atoms in total. The highest BCUT2D eigenvalue weighted by molar-refractivity contribution is 5.90. The Morgan fingerprint density at radius 1 is 1.07 bits per heavy atom. The molecule has 0 aliphatic heterocycles. The molecule has 4 amide bonds. The van der Waals surface area contributed by atoms with Crippen LogP contribution in [-0.4, -0.2) is 12.1 Å². The molecule has 1 rings (SSSR count). The van der Waals surface area contributed by atoms with E-state index in [4.69, 9.17) is 5.73 Å². The Hall–Kier alpha value is -2.24. The molecule has 1 aromatic carbocycles. The molecule has 0 atom stereocenters. The van der Waals surface area contributed by atoms with Gasteiger partial charge in [0.15, 0.2) is 0 Å². The zero-order valence-electron chi connectivity index (χ0n) is 7.28. The van der Waals surface area contributed by atoms with Gasteiger partial charge in [-0.3, -0.25) is 0 Å². The fraction of sp³-hybridized carbons (Fsp3) is 0. The van der Waals surface area contributed by atoms with Gasteiger partial charge in [0.1, 0.15) is 0 Å². The minimum Gasteiger partial charge on any atom is -0.350 e. The molecule has 1 aromatic rings. The van der Waals surface area contributed by atoms with E-state index in [2.05, 4.69) is 10.7 Å². The second kappa shape index (κ2) is 4.70. The number of urea groups is 2. The Morgan fingerprint density at radius 3 is 2.29 bits per heavy atom. The van der Waals surface area contributed by atoms with Crippen LogP contribution in [0.25, 0.3) is 0 Å². The van der Waals surface area contributed by atoms with Crippen molar-refractivity contribution in [1.29, 1.82) is 0 Å². The fourth-order valence-electron chi connectivity index (χ4n) is 0.802. The van der Waals surface area contributed by atoms with Gasteiger partial charge in [-0.15, -0.1) is 0 Å². The fourth-order valence-corrected chi connectivity index (χ4v) is 0.802. The first-order valence-electron chi connectivity index (χ1n) is 3.86. The van der Waals surface area contributed by atoms with E-state index in [1.165, 1.54) is 0 Å². The number of nitrogens with two attached hydrogens (primary N) is 1. The van der Waals surface area contributed by atoms with Gasteiger partial charge in [0.25, 0.3) is 0 Å². The summed E-state index contributed by atoms with van der Waals surface area (Å²) in [6.07, 6.45) is 0. The molecule has 0 heterocycles. The second-order valence-corrected chi connectivity index (χ2v) is 2.43. The molecule has 6 heteroatoms. The van der Waals surface area contributed by atoms with Crippen molar-refractivity contribution in [3.63, 3.8) is 0 Å². The van der Waals surface area contributed by atoms with Gasteiger partial charge in [-0.05, 0) is 12.1 Å². The number of anilines is 1. The highest BCUT2D eigenvalue weighted by Crippen LogP contribution is 2.03. The van der Waals surface area contributed by atoms with E-state index in [1.54, 1.807) is 24.3 Å². The van der Waals surface area contributed by atoms with Gasteiger partial charge in [-0.2, -0.15) is 0 Å². The summed E-state index contributed by atoms with van der Waals surface area (Å²) >= 11 is 0. The number of amides is 4. The number of benzene rings is 1. The number of hydrogen-bond donors (Lipinski definition) is 4. The van der Waals surface area contributed by atoms with Crippen LogP contribution in [0, 0.1) is 0 Å². The van der Waals surface area contributed by atoms with Crippen molar-refractivity contribution in [2.75, 3.05) is 5.32 Å². The van der Waals surface area contributed by atoms with Gasteiger partial charge in [-0.25, -0.2) is 20.4 Å². The SMILES string of the molecule is NC(=O)NNC(=O)Nc1ccccc1. The lowest BCUT2D eigenvalue weighted by molar-refractivity contribution is 0.235. The first kappa shape index (κ1) is 9.85. The number of nitrogens with one attached hydrogen (secondary N) is 3. The average molecular weight is 194 g/mol. The van der Waals surface area contributed by atoms with Crippen LogP contribution in [0.2, 0.25) is 0 Å². The third-order valence-corrected chi connectivity index (χ3v) is 1.33. The van der Waals surface area contributed by atoms with Crippen LogP contribution in [0.5, 0.6) is 0 Å². The summed E-state index contributed by atoms with van der Waals surface area (Å²) in [6.45, 7) is 0. The van der Waals surface area contributed by atoms with E-state index in [0.29, 0.717) is 5.69 Å². The Balaban J connectivity index is 2.38. The van der Waals surface area contributed by atoms with Crippen molar-refractivity contribution in [2.45, 2.75) is 0 Å². The van der Waals surface area contributed by atoms with Crippen LogP contribution in [-0.2, 0) is 0 Å². The maximum absolute atomic E-state index is 11.0. The van der Waals surface area contributed by atoms with Gasteiger partial charge < -0.3 is 11.1 Å². The second-order valence-electron chi connectivity index (χ2n) is 2.43. The summed E-state index contributed by atoms with van der Waals surface area (Å²) in [5, 5.41) is 2.48. The Morgan fingerprint density at radius 2 is 1.71 bits per heavy atom. The number of rotatable bonds is 1. The van der Waals surface area contributed by atoms with E-state index < -0.39 is 12.1 Å². The topological polar surface area (TPSA) is 96.2 Å². The lowest BCUT2D eigenvalue weighted by Crippen LogP contribution is -2.46. The zero-order chi connectivity index (χ0) is 10.4. The van der Waals surface area contributed by atoms with Crippen LogP contribution in [0.3, 0.4) is 0 Å². The van der Waals surface area contributed by atoms with Crippen LogP contribution >= 0.6 is 0 Å². The van der Waals surface area contributed by atoms with Gasteiger partial charge in [0.2, 0.25) is 0 Å². The van der Waals surface area contributed by atoms with Crippen molar-refractivity contribution in [2.24, 2.45) is 5.73 Å². The van der Waals surface area contributed by atoms with E-state index >= 15 is 0 Å². The monoisotopic (exact) mass is 194 g/mol. The largest absolute Gasteiger partial charge is 0.350 e. The van der Waals surface area contributed by atoms with Crippen molar-refractivity contribution in [1.82, 2.24) is 10.9 Å². The number of carbonyl (C=O) groups excluding carboxylic acids is 2. The van der Waals surface area contributed by atoms with E-state index in [-0.39, 0.29) is 0 Å². The zero-order valence-corrected chi connectivity index (χ0v) is 7.28. The molecule has 5 N–H and O–H groups in total. The molecule has 0 unspecified atom stereocenters. The molecule has 0 aliphatic carbocycles. The molecule has 14 heavy (non-hydrogen) atoms. The third-order valence-electron chi connectivity index (χ3n) is 1.33. The van der Waals surface area contributed by atoms with Crippen LogP contribution in [0.4, 0.5) is 15.3 Å². The summed E-state index contributed by atoms with van der Waals surface area (Å²) in [7, 11) is 0. The molecule has 0 bridgehead atoms. The van der Waals surface area contributed by atoms with Crippen molar-refractivity contribution >= 4 is 17.7 Å². The van der Waals surface area contributed by atoms with E-state index in [1.807, 2.05) is 11.5 Å². The van der Waals surface area contributed by atoms with Crippen molar-refractivity contribution < 1.29 is 9.59 Å². The number of hydrazine groups is 1. The summed E-state index contributed by atoms with van der Waals surface area (Å²) in [5.41, 5.74) is 9.36. The maximum Gasteiger partial charge on any atom is 0.337 e. The van der Waals surface area contributed by atoms with Crippen molar-refractivity contribution in [3.8, 4) is 0 Å². The van der Waals surface area contributed by atoms with Gasteiger partial charge in [-0.1, -0.05) is 18.2 Å². The standard InChI is InChI=1S/C8H10N4O2/c9-7(13)11-12-8(14)10-6-4-2-1-3-5-6/h1-5H,(H3,9,11,13)(H2,10,12,14). The summed E-state index contributed by atoms with van der Waals surface area (Å²) < 4.78 is 0. The molecule has 0 radical (unpaired) electrons. The van der Waals surface area contributed by atoms with E-state index in [9.17, 15) is 9.59 Å². The average Bonchev–Trinajstić information content (AvgIpc) is 2.16. The Bertz CT molecular complexity index is 325. The lowest BCUT2D eigenvalue weighted by atomic mass is 10.3. The van der Waals surface area contributed by atoms with Crippen LogP contribution in [0.1, 0.15) is 0 Å². The van der Waals surface area contributed by atoms with Gasteiger partial charge in [0, 0.05) is 5.69 Å². The van der Waals surface area contributed by atoms with Gasteiger partial charge in [0.05, 0.1) is 0 Å². The smallest absolute Gasteiger partial charge is 0.337 e. The van der Waals surface area contributed by atoms with Crippen LogP contribution in [0.15, 0.2) is 30.3 Å². The third kappa shape index (κ3) is 3.44. The number of para-hydroxylation sites is 1. The quantitative estimate of drug-likeness (QED) is 0.486. The molecule has 0 saturated heterocycles. The highest BCUT2D eigenvalue weighted by Gasteiger charge is 2.00. The van der Waals surface area contributed by atoms with Gasteiger partial charge >= 0.3 is 12.1 Å².